The van der Waals surface area contributed by atoms with Crippen molar-refractivity contribution in [1.82, 2.24) is 5.32 Å². The first-order valence-electron chi connectivity index (χ1n) is 6.12. The third kappa shape index (κ3) is 3.24. The van der Waals surface area contributed by atoms with Crippen molar-refractivity contribution in [3.63, 3.8) is 0 Å². The van der Waals surface area contributed by atoms with Crippen LogP contribution in [-0.4, -0.2) is 20.5 Å². The van der Waals surface area contributed by atoms with Gasteiger partial charge in [0.15, 0.2) is 0 Å². The zero-order valence-electron chi connectivity index (χ0n) is 11.2. The van der Waals surface area contributed by atoms with Crippen LogP contribution in [0.15, 0.2) is 30.9 Å². The van der Waals surface area contributed by atoms with Crippen LogP contribution in [0.5, 0.6) is 0 Å². The van der Waals surface area contributed by atoms with Crippen LogP contribution >= 0.6 is 11.6 Å². The van der Waals surface area contributed by atoms with E-state index >= 15 is 0 Å². The van der Waals surface area contributed by atoms with E-state index in [-0.39, 0.29) is 5.91 Å². The Balaban J connectivity index is 3.31. The number of amides is 1. The van der Waals surface area contributed by atoms with E-state index in [0.29, 0.717) is 17.1 Å². The van der Waals surface area contributed by atoms with Crippen LogP contribution in [-0.2, 0) is 0 Å². The Labute approximate surface area is 115 Å². The molecule has 0 radical (unpaired) electrons. The van der Waals surface area contributed by atoms with Crippen molar-refractivity contribution in [2.45, 2.75) is 26.1 Å². The molecule has 0 spiro atoms. The number of nitrogens with one attached hydrogen (secondary N) is 1. The number of hydrogen-bond donors (Lipinski definition) is 1. The van der Waals surface area contributed by atoms with E-state index in [0.717, 1.165) is 11.2 Å². The van der Waals surface area contributed by atoms with Crippen molar-refractivity contribution in [2.24, 2.45) is 0 Å². The Hall–Kier alpha value is -1.06. The average molecular weight is 282 g/mol. The van der Waals surface area contributed by atoms with Gasteiger partial charge in [0.2, 0.25) is 0 Å². The van der Waals surface area contributed by atoms with Gasteiger partial charge >= 0.3 is 0 Å². The number of allylic oxidation sites excluding steroid dienone is 1. The van der Waals surface area contributed by atoms with Crippen LogP contribution in [0, 0.1) is 0 Å². The lowest BCUT2D eigenvalue weighted by Crippen LogP contribution is -2.45. The molecular weight excluding hydrogens is 262 g/mol. The monoisotopic (exact) mass is 281 g/mol. The van der Waals surface area contributed by atoms with Gasteiger partial charge in [0.25, 0.3) is 5.91 Å². The second-order valence-electron chi connectivity index (χ2n) is 4.90. The summed E-state index contributed by atoms with van der Waals surface area (Å²) in [5, 5.41) is 4.46. The Morgan fingerprint density at radius 2 is 2.17 bits per heavy atom. The van der Waals surface area contributed by atoms with Crippen molar-refractivity contribution in [3.8, 4) is 0 Å². The topological polar surface area (TPSA) is 29.1 Å². The van der Waals surface area contributed by atoms with E-state index in [4.69, 9.17) is 11.6 Å². The van der Waals surface area contributed by atoms with E-state index in [1.807, 2.05) is 25.1 Å². The average Bonchev–Trinajstić information content (AvgIpc) is 2.28. The summed E-state index contributed by atoms with van der Waals surface area (Å²) in [4.78, 5) is 12.1. The molecule has 0 atom stereocenters. The first-order valence-corrected chi connectivity index (χ1v) is 9.70. The molecule has 0 unspecified atom stereocenters. The maximum absolute atomic E-state index is 12.1. The first-order chi connectivity index (χ1) is 8.44. The number of hydrogen-bond acceptors (Lipinski definition) is 1. The van der Waals surface area contributed by atoms with Gasteiger partial charge in [-0.15, -0.1) is 6.58 Å². The molecular formula is C14H20ClNOSi. The van der Waals surface area contributed by atoms with Crippen molar-refractivity contribution in [1.29, 1.82) is 0 Å². The van der Waals surface area contributed by atoms with Crippen LogP contribution in [0.2, 0.25) is 24.2 Å². The van der Waals surface area contributed by atoms with Crippen molar-refractivity contribution in [3.05, 3.63) is 41.4 Å². The Kier molecular flexibility index (Phi) is 5.17. The first kappa shape index (κ1) is 15.0. The highest BCUT2D eigenvalue weighted by Crippen LogP contribution is 2.19. The van der Waals surface area contributed by atoms with Crippen LogP contribution in [0.3, 0.4) is 0 Å². The molecule has 0 aliphatic carbocycles. The Morgan fingerprint density at radius 1 is 1.50 bits per heavy atom. The summed E-state index contributed by atoms with van der Waals surface area (Å²) in [6.07, 6.45) is 1.93. The standard InChI is InChI=1S/C14H20ClNOSi/c1-5-10-18(3,4)12-9-7-8-11(15)13(12)14(17)16-6-2/h5,7-9H,1,6,10H2,2-4H3,(H,16,17). The molecule has 1 aromatic carbocycles. The summed E-state index contributed by atoms with van der Waals surface area (Å²) >= 11 is 6.20. The van der Waals surface area contributed by atoms with Gasteiger partial charge in [-0.25, -0.2) is 0 Å². The normalized spacial score (nSPS) is 11.1. The second kappa shape index (κ2) is 6.21. The van der Waals surface area contributed by atoms with E-state index in [1.54, 1.807) is 6.07 Å². The molecule has 0 saturated carbocycles. The maximum Gasteiger partial charge on any atom is 0.252 e. The SMILES string of the molecule is C=CC[Si](C)(C)c1cccc(Cl)c1C(=O)NCC. The van der Waals surface area contributed by atoms with Gasteiger partial charge in [0.05, 0.1) is 18.7 Å². The van der Waals surface area contributed by atoms with Gasteiger partial charge < -0.3 is 5.32 Å². The van der Waals surface area contributed by atoms with Crippen molar-refractivity contribution in [2.75, 3.05) is 6.54 Å². The van der Waals surface area contributed by atoms with E-state index < -0.39 is 8.07 Å². The highest BCUT2D eigenvalue weighted by molar-refractivity contribution is 6.91. The number of halogens is 1. The molecule has 0 aliphatic rings. The summed E-state index contributed by atoms with van der Waals surface area (Å²) in [6, 6.07) is 6.64. The summed E-state index contributed by atoms with van der Waals surface area (Å²) in [7, 11) is -1.71. The van der Waals surface area contributed by atoms with Gasteiger partial charge in [-0.05, 0) is 24.2 Å². The van der Waals surface area contributed by atoms with E-state index in [1.165, 1.54) is 0 Å². The molecule has 0 fully saturated rings. The fraction of sp³-hybridized carbons (Fsp3) is 0.357. The largest absolute Gasteiger partial charge is 0.352 e. The lowest BCUT2D eigenvalue weighted by molar-refractivity contribution is 0.0957. The fourth-order valence-electron chi connectivity index (χ4n) is 2.04. The number of carbonyl (C=O) groups excluding carboxylic acids is 1. The molecule has 1 amide bonds. The zero-order valence-corrected chi connectivity index (χ0v) is 13.0. The molecule has 18 heavy (non-hydrogen) atoms. The van der Waals surface area contributed by atoms with Crippen molar-refractivity contribution < 1.29 is 4.79 Å². The lowest BCUT2D eigenvalue weighted by Gasteiger charge is -2.24. The summed E-state index contributed by atoms with van der Waals surface area (Å²) in [6.45, 7) is 10.8. The highest BCUT2D eigenvalue weighted by atomic mass is 35.5. The molecule has 0 heterocycles. The van der Waals surface area contributed by atoms with E-state index in [2.05, 4.69) is 25.0 Å². The van der Waals surface area contributed by atoms with Gasteiger partial charge in [0, 0.05) is 6.54 Å². The molecule has 1 aromatic rings. The molecule has 0 saturated heterocycles. The van der Waals surface area contributed by atoms with Crippen LogP contribution in [0.4, 0.5) is 0 Å². The molecule has 98 valence electrons. The number of carbonyl (C=O) groups is 1. The molecule has 0 aliphatic heterocycles. The minimum Gasteiger partial charge on any atom is -0.352 e. The van der Waals surface area contributed by atoms with Crippen LogP contribution in [0.25, 0.3) is 0 Å². The quantitative estimate of drug-likeness (QED) is 0.652. The molecule has 2 nitrogen and oxygen atoms in total. The fourth-order valence-corrected chi connectivity index (χ4v) is 4.79. The molecule has 4 heteroatoms. The van der Waals surface area contributed by atoms with Gasteiger partial charge in [-0.2, -0.15) is 0 Å². The third-order valence-electron chi connectivity index (χ3n) is 2.96. The third-order valence-corrected chi connectivity index (χ3v) is 6.46. The summed E-state index contributed by atoms with van der Waals surface area (Å²) in [5.74, 6) is -0.0808. The number of rotatable bonds is 5. The predicted octanol–water partition coefficient (Wildman–Crippen LogP) is 3.19. The zero-order chi connectivity index (χ0) is 13.8. The smallest absolute Gasteiger partial charge is 0.252 e. The van der Waals surface area contributed by atoms with Crippen LogP contribution in [0.1, 0.15) is 17.3 Å². The lowest BCUT2D eigenvalue weighted by atomic mass is 10.2. The molecule has 1 N–H and O–H groups in total. The molecule has 1 rings (SSSR count). The van der Waals surface area contributed by atoms with Gasteiger partial charge in [0.1, 0.15) is 0 Å². The highest BCUT2D eigenvalue weighted by Gasteiger charge is 2.28. The van der Waals surface area contributed by atoms with Crippen molar-refractivity contribution >= 4 is 30.8 Å². The Bertz CT molecular complexity index is 457. The summed E-state index contributed by atoms with van der Waals surface area (Å²) < 4.78 is 0. The minimum absolute atomic E-state index is 0.0808. The molecule has 0 aromatic heterocycles. The second-order valence-corrected chi connectivity index (χ2v) is 10.0. The predicted molar refractivity (Wildman–Crippen MR) is 81.6 cm³/mol. The van der Waals surface area contributed by atoms with E-state index in [9.17, 15) is 4.79 Å². The van der Waals surface area contributed by atoms with Gasteiger partial charge in [-0.3, -0.25) is 4.79 Å². The summed E-state index contributed by atoms with van der Waals surface area (Å²) in [5.41, 5.74) is 0.638. The maximum atomic E-state index is 12.1. The minimum atomic E-state index is -1.71. The number of benzene rings is 1. The van der Waals surface area contributed by atoms with Crippen LogP contribution < -0.4 is 10.5 Å². The molecule has 0 bridgehead atoms. The Morgan fingerprint density at radius 3 is 2.72 bits per heavy atom. The van der Waals surface area contributed by atoms with Gasteiger partial charge in [-0.1, -0.05) is 42.9 Å².